The monoisotopic (exact) mass is 346 g/mol. The molecule has 0 heterocycles. The Balaban J connectivity index is 2.12. The van der Waals surface area contributed by atoms with Gasteiger partial charge in [0.05, 0.1) is 0 Å². The number of rotatable bonds is 6. The fourth-order valence-electron chi connectivity index (χ4n) is 3.70. The van der Waals surface area contributed by atoms with Crippen molar-refractivity contribution >= 4 is 5.97 Å². The summed E-state index contributed by atoms with van der Waals surface area (Å²) in [5, 5.41) is 9.02. The highest BCUT2D eigenvalue weighted by molar-refractivity contribution is 5.89. The summed E-state index contributed by atoms with van der Waals surface area (Å²) in [7, 11) is 0. The minimum Gasteiger partial charge on any atom is -0.478 e. The summed E-state index contributed by atoms with van der Waals surface area (Å²) >= 11 is 0. The highest BCUT2D eigenvalue weighted by atomic mass is 19.2. The zero-order valence-corrected chi connectivity index (χ0v) is 13.7. The molecule has 1 aromatic carbocycles. The van der Waals surface area contributed by atoms with Gasteiger partial charge in [-0.05, 0) is 24.7 Å². The van der Waals surface area contributed by atoms with Crippen molar-refractivity contribution in [2.24, 2.45) is 11.8 Å². The van der Waals surface area contributed by atoms with Gasteiger partial charge in [0.1, 0.15) is 5.56 Å². The van der Waals surface area contributed by atoms with Crippen molar-refractivity contribution < 1.29 is 27.5 Å². The first kappa shape index (κ1) is 18.7. The van der Waals surface area contributed by atoms with Gasteiger partial charge in [0.15, 0.2) is 23.3 Å². The van der Waals surface area contributed by atoms with Gasteiger partial charge in [0, 0.05) is 5.56 Å². The molecule has 0 bridgehead atoms. The molecule has 0 radical (unpaired) electrons. The number of aromatic carboxylic acids is 1. The molecule has 1 fully saturated rings. The average molecular weight is 346 g/mol. The van der Waals surface area contributed by atoms with Gasteiger partial charge in [-0.2, -0.15) is 0 Å². The lowest BCUT2D eigenvalue weighted by molar-refractivity contribution is 0.0687. The summed E-state index contributed by atoms with van der Waals surface area (Å²) in [6.45, 7) is 2.14. The summed E-state index contributed by atoms with van der Waals surface area (Å²) in [6.07, 6.45) is 6.68. The Morgan fingerprint density at radius 2 is 1.42 bits per heavy atom. The van der Waals surface area contributed by atoms with E-state index in [1.165, 1.54) is 6.42 Å². The van der Waals surface area contributed by atoms with Crippen LogP contribution in [-0.4, -0.2) is 11.1 Å². The quantitative estimate of drug-likeness (QED) is 0.421. The maximum Gasteiger partial charge on any atom is 0.339 e. The fraction of sp³-hybridized carbons (Fsp3) is 0.611. The Labute approximate surface area is 138 Å². The van der Waals surface area contributed by atoms with Crippen LogP contribution in [0.1, 0.15) is 67.8 Å². The van der Waals surface area contributed by atoms with Crippen LogP contribution in [0.4, 0.5) is 17.6 Å². The summed E-state index contributed by atoms with van der Waals surface area (Å²) < 4.78 is 54.3. The Morgan fingerprint density at radius 1 is 0.917 bits per heavy atom. The SMILES string of the molecule is CCCC1CCC(CCc2c(F)c(F)c(F)c(F)c2C(=O)O)CC1. The number of carboxylic acid groups (broad SMARTS) is 1. The molecule has 0 aromatic heterocycles. The Morgan fingerprint density at radius 3 is 1.92 bits per heavy atom. The van der Waals surface area contributed by atoms with Crippen molar-refractivity contribution in [3.05, 3.63) is 34.4 Å². The molecule has 0 atom stereocenters. The van der Waals surface area contributed by atoms with Crippen molar-refractivity contribution in [1.82, 2.24) is 0 Å². The van der Waals surface area contributed by atoms with E-state index in [-0.39, 0.29) is 12.3 Å². The standard InChI is InChI=1S/C18H22F4O2/c1-2-3-10-4-6-11(7-5-10)8-9-12-13(18(23)24)15(20)17(22)16(21)14(12)19/h10-11H,2-9H2,1H3,(H,23,24). The van der Waals surface area contributed by atoms with Gasteiger partial charge in [-0.3, -0.25) is 0 Å². The lowest BCUT2D eigenvalue weighted by atomic mass is 9.78. The van der Waals surface area contributed by atoms with Crippen LogP contribution >= 0.6 is 0 Å². The van der Waals surface area contributed by atoms with Crippen LogP contribution in [-0.2, 0) is 6.42 Å². The first-order valence-electron chi connectivity index (χ1n) is 8.44. The number of benzene rings is 1. The summed E-state index contributed by atoms with van der Waals surface area (Å²) in [6, 6.07) is 0. The first-order chi connectivity index (χ1) is 11.4. The molecule has 1 saturated carbocycles. The molecule has 0 aliphatic heterocycles. The van der Waals surface area contributed by atoms with Gasteiger partial charge in [0.2, 0.25) is 0 Å². The van der Waals surface area contributed by atoms with E-state index in [1.54, 1.807) is 0 Å². The van der Waals surface area contributed by atoms with Crippen molar-refractivity contribution in [1.29, 1.82) is 0 Å². The molecule has 0 spiro atoms. The number of halogens is 4. The summed E-state index contributed by atoms with van der Waals surface area (Å²) in [4.78, 5) is 11.1. The second-order valence-corrected chi connectivity index (χ2v) is 6.63. The molecular weight excluding hydrogens is 324 g/mol. The predicted octanol–water partition coefficient (Wildman–Crippen LogP) is 5.48. The zero-order chi connectivity index (χ0) is 17.9. The normalized spacial score (nSPS) is 21.0. The van der Waals surface area contributed by atoms with Crippen LogP contribution in [0.15, 0.2) is 0 Å². The largest absolute Gasteiger partial charge is 0.478 e. The third-order valence-corrected chi connectivity index (χ3v) is 5.04. The molecule has 1 aliphatic carbocycles. The zero-order valence-electron chi connectivity index (χ0n) is 13.7. The van der Waals surface area contributed by atoms with E-state index >= 15 is 0 Å². The molecule has 134 valence electrons. The van der Waals surface area contributed by atoms with Gasteiger partial charge in [-0.25, -0.2) is 22.4 Å². The second-order valence-electron chi connectivity index (χ2n) is 6.63. The highest BCUT2D eigenvalue weighted by Gasteiger charge is 2.29. The van der Waals surface area contributed by atoms with E-state index in [9.17, 15) is 22.4 Å². The molecular formula is C18H22F4O2. The van der Waals surface area contributed by atoms with E-state index in [4.69, 9.17) is 5.11 Å². The Bertz CT molecular complexity index is 608. The fourth-order valence-corrected chi connectivity index (χ4v) is 3.70. The molecule has 24 heavy (non-hydrogen) atoms. The molecule has 0 amide bonds. The molecule has 6 heteroatoms. The van der Waals surface area contributed by atoms with Crippen LogP contribution in [0, 0.1) is 35.1 Å². The van der Waals surface area contributed by atoms with Gasteiger partial charge in [-0.15, -0.1) is 0 Å². The van der Waals surface area contributed by atoms with Gasteiger partial charge in [-0.1, -0.05) is 45.4 Å². The highest BCUT2D eigenvalue weighted by Crippen LogP contribution is 2.35. The maximum absolute atomic E-state index is 13.9. The van der Waals surface area contributed by atoms with Crippen LogP contribution in [0.5, 0.6) is 0 Å². The first-order valence-corrected chi connectivity index (χ1v) is 8.44. The Hall–Kier alpha value is -1.59. The summed E-state index contributed by atoms with van der Waals surface area (Å²) in [5.41, 5.74) is -1.67. The van der Waals surface area contributed by atoms with Crippen LogP contribution in [0.25, 0.3) is 0 Å². The van der Waals surface area contributed by atoms with Crippen molar-refractivity contribution in [3.8, 4) is 0 Å². The van der Waals surface area contributed by atoms with E-state index in [1.807, 2.05) is 0 Å². The lowest BCUT2D eigenvalue weighted by Gasteiger charge is -2.28. The smallest absolute Gasteiger partial charge is 0.339 e. The van der Waals surface area contributed by atoms with Crippen LogP contribution in [0.3, 0.4) is 0 Å². The lowest BCUT2D eigenvalue weighted by Crippen LogP contribution is -2.17. The minimum atomic E-state index is -2.08. The minimum absolute atomic E-state index is 0.106. The van der Waals surface area contributed by atoms with E-state index in [2.05, 4.69) is 6.92 Å². The molecule has 1 aliphatic rings. The van der Waals surface area contributed by atoms with E-state index in [0.29, 0.717) is 12.3 Å². The second kappa shape index (κ2) is 7.99. The number of carbonyl (C=O) groups is 1. The number of hydrogen-bond acceptors (Lipinski definition) is 1. The molecule has 1 aromatic rings. The topological polar surface area (TPSA) is 37.3 Å². The molecule has 0 unspecified atom stereocenters. The van der Waals surface area contributed by atoms with Crippen molar-refractivity contribution in [3.63, 3.8) is 0 Å². The predicted molar refractivity (Wildman–Crippen MR) is 81.9 cm³/mol. The van der Waals surface area contributed by atoms with Gasteiger partial charge < -0.3 is 5.11 Å². The molecule has 1 N–H and O–H groups in total. The molecule has 2 nitrogen and oxygen atoms in total. The van der Waals surface area contributed by atoms with Gasteiger partial charge >= 0.3 is 5.97 Å². The van der Waals surface area contributed by atoms with E-state index < -0.39 is 40.4 Å². The van der Waals surface area contributed by atoms with Crippen LogP contribution in [0.2, 0.25) is 0 Å². The third-order valence-electron chi connectivity index (χ3n) is 5.04. The molecule has 0 saturated heterocycles. The average Bonchev–Trinajstić information content (AvgIpc) is 2.56. The van der Waals surface area contributed by atoms with Crippen LogP contribution < -0.4 is 0 Å². The van der Waals surface area contributed by atoms with Crippen molar-refractivity contribution in [2.75, 3.05) is 0 Å². The Kier molecular flexibility index (Phi) is 6.24. The number of carboxylic acids is 1. The maximum atomic E-state index is 13.9. The van der Waals surface area contributed by atoms with Gasteiger partial charge in [0.25, 0.3) is 0 Å². The molecule has 2 rings (SSSR count). The van der Waals surface area contributed by atoms with E-state index in [0.717, 1.165) is 32.1 Å². The third kappa shape index (κ3) is 3.90. The van der Waals surface area contributed by atoms with Crippen molar-refractivity contribution in [2.45, 2.75) is 58.3 Å². The summed E-state index contributed by atoms with van der Waals surface area (Å²) in [5.74, 6) is -8.26. The number of hydrogen-bond donors (Lipinski definition) is 1.